The van der Waals surface area contributed by atoms with Gasteiger partial charge in [0.05, 0.1) is 28.2 Å². The van der Waals surface area contributed by atoms with Gasteiger partial charge in [-0.2, -0.15) is 0 Å². The summed E-state index contributed by atoms with van der Waals surface area (Å²) < 4.78 is 33.3. The Hall–Kier alpha value is -9.59. The van der Waals surface area contributed by atoms with E-state index >= 15 is 0 Å². The summed E-state index contributed by atoms with van der Waals surface area (Å²) in [7, 11) is 0. The zero-order valence-electron chi connectivity index (χ0n) is 33.8. The van der Waals surface area contributed by atoms with Gasteiger partial charge in [-0.1, -0.05) is 0 Å². The van der Waals surface area contributed by atoms with E-state index in [9.17, 15) is 101 Å². The molecule has 6 rings (SSSR count). The number of aromatic hydroxyl groups is 15. The smallest absolute Gasteiger partial charge is 0.344 e. The summed E-state index contributed by atoms with van der Waals surface area (Å²) in [5.41, 5.74) is -3.73. The van der Waals surface area contributed by atoms with Crippen molar-refractivity contribution in [2.45, 2.75) is 24.6 Å². The molecule has 68 heavy (non-hydrogen) atoms. The zero-order chi connectivity index (χ0) is 50.0. The molecule has 0 amide bonds. The highest BCUT2D eigenvalue weighted by atomic mass is 16.7. The molecule has 1 fully saturated rings. The number of rotatable bonds is 12. The van der Waals surface area contributed by atoms with Gasteiger partial charge >= 0.3 is 29.8 Å². The van der Waals surface area contributed by atoms with E-state index in [2.05, 4.69) is 0 Å². The van der Waals surface area contributed by atoms with E-state index in [1.165, 1.54) is 0 Å². The van der Waals surface area contributed by atoms with Crippen molar-refractivity contribution >= 4 is 29.8 Å². The largest absolute Gasteiger partial charge is 0.504 e. The molecule has 5 unspecified atom stereocenters. The first-order valence-electron chi connectivity index (χ1n) is 18.8. The van der Waals surface area contributed by atoms with Crippen LogP contribution in [-0.2, 0) is 28.4 Å². The number of esters is 5. The summed E-state index contributed by atoms with van der Waals surface area (Å²) in [5, 5.41) is 151. The van der Waals surface area contributed by atoms with Gasteiger partial charge < -0.3 is 105 Å². The van der Waals surface area contributed by atoms with Gasteiger partial charge in [0, 0.05) is 0 Å². The molecule has 1 heterocycles. The lowest BCUT2D eigenvalue weighted by molar-refractivity contribution is -0.274. The van der Waals surface area contributed by atoms with Crippen LogP contribution in [0.2, 0.25) is 0 Å². The maximum atomic E-state index is 13.9. The minimum atomic E-state index is -2.46. The van der Waals surface area contributed by atoms with Gasteiger partial charge in [-0.25, -0.2) is 24.0 Å². The third-order valence-electron chi connectivity index (χ3n) is 9.85. The average Bonchev–Trinajstić information content (AvgIpc) is 3.28. The normalized spacial score (nSPS) is 17.6. The first-order chi connectivity index (χ1) is 32.0. The molecule has 15 N–H and O–H groups in total. The van der Waals surface area contributed by atoms with Gasteiger partial charge in [0.25, 0.3) is 0 Å². The van der Waals surface area contributed by atoms with E-state index in [1.54, 1.807) is 0 Å². The van der Waals surface area contributed by atoms with Crippen molar-refractivity contribution in [2.75, 3.05) is 13.2 Å². The molecule has 0 radical (unpaired) electrons. The summed E-state index contributed by atoms with van der Waals surface area (Å²) in [5.74, 6) is -25.9. The number of carbonyl (C=O) groups excluding carboxylic acids is 5. The number of ether oxygens (including phenoxy) is 6. The van der Waals surface area contributed by atoms with Gasteiger partial charge in [0.1, 0.15) is 31.0 Å². The van der Waals surface area contributed by atoms with Crippen molar-refractivity contribution in [1.29, 1.82) is 0 Å². The van der Waals surface area contributed by atoms with E-state index in [4.69, 9.17) is 28.4 Å². The Morgan fingerprint density at radius 3 is 1.13 bits per heavy atom. The summed E-state index contributed by atoms with van der Waals surface area (Å²) in [6.07, 6.45) is -9.08. The molecule has 0 aromatic heterocycles. The number of hydrogen-bond acceptors (Lipinski definition) is 26. The average molecular weight is 955 g/mol. The van der Waals surface area contributed by atoms with Crippen LogP contribution in [0.4, 0.5) is 0 Å². The monoisotopic (exact) mass is 954 g/mol. The second-order valence-corrected chi connectivity index (χ2v) is 14.3. The van der Waals surface area contributed by atoms with E-state index in [0.717, 1.165) is 12.1 Å². The minimum Gasteiger partial charge on any atom is -0.504 e. The molecule has 0 spiro atoms. The highest BCUT2D eigenvalue weighted by Crippen LogP contribution is 2.42. The van der Waals surface area contributed by atoms with Crippen LogP contribution in [0, 0.1) is 5.92 Å². The van der Waals surface area contributed by atoms with E-state index in [0.29, 0.717) is 48.5 Å². The van der Waals surface area contributed by atoms with Crippen LogP contribution in [-0.4, -0.2) is 144 Å². The third-order valence-corrected chi connectivity index (χ3v) is 9.85. The summed E-state index contributed by atoms with van der Waals surface area (Å²) >= 11 is 0. The summed E-state index contributed by atoms with van der Waals surface area (Å²) in [6.45, 7) is -2.42. The molecule has 0 bridgehead atoms. The van der Waals surface area contributed by atoms with Gasteiger partial charge in [-0.05, 0) is 60.7 Å². The fourth-order valence-corrected chi connectivity index (χ4v) is 6.39. The van der Waals surface area contributed by atoms with Crippen molar-refractivity contribution in [2.24, 2.45) is 5.92 Å². The van der Waals surface area contributed by atoms with E-state index in [1.807, 2.05) is 0 Å². The molecule has 1 saturated heterocycles. The standard InChI is InChI=1S/C42H34O26/c43-19-2-1-17(29(52)34(19)57)41(62)68-42-36(67-40(61)16-9-26(50)33(56)27(51)10-16)18(11-63-37(58)13-3-20(44)30(53)21(45)4-13)35(66-39(60)15-7-24(48)32(55)25(49)8-15)28(65-42)12-64-38(59)14-5-22(46)31(54)23(47)6-14/h1-10,18,28,35-36,42-57H,11-12H2. The van der Waals surface area contributed by atoms with Crippen molar-refractivity contribution in [3.8, 4) is 86.2 Å². The molecule has 1 aliphatic heterocycles. The number of benzene rings is 5. The summed E-state index contributed by atoms with van der Waals surface area (Å²) in [4.78, 5) is 68.2. The van der Waals surface area contributed by atoms with Crippen molar-refractivity contribution in [3.05, 3.63) is 88.5 Å². The summed E-state index contributed by atoms with van der Waals surface area (Å²) in [6, 6.07) is 6.29. The van der Waals surface area contributed by atoms with Crippen LogP contribution in [0.1, 0.15) is 51.8 Å². The first-order valence-corrected chi connectivity index (χ1v) is 18.8. The van der Waals surface area contributed by atoms with Crippen LogP contribution in [0.25, 0.3) is 0 Å². The lowest BCUT2D eigenvalue weighted by Gasteiger charge is -2.44. The Bertz CT molecular complexity index is 2760. The molecular formula is C42H34O26. The maximum absolute atomic E-state index is 13.9. The van der Waals surface area contributed by atoms with Crippen molar-refractivity contribution < 1.29 is 129 Å². The Labute approximate surface area is 376 Å². The molecule has 26 nitrogen and oxygen atoms in total. The Morgan fingerprint density at radius 1 is 0.382 bits per heavy atom. The van der Waals surface area contributed by atoms with Crippen LogP contribution >= 0.6 is 0 Å². The van der Waals surface area contributed by atoms with E-state index in [-0.39, 0.29) is 0 Å². The molecule has 26 heteroatoms. The van der Waals surface area contributed by atoms with Gasteiger partial charge in [-0.15, -0.1) is 0 Å². The van der Waals surface area contributed by atoms with Crippen molar-refractivity contribution in [3.63, 3.8) is 0 Å². The van der Waals surface area contributed by atoms with Crippen LogP contribution in [0.15, 0.2) is 60.7 Å². The number of carbonyl (C=O) groups is 5. The Morgan fingerprint density at radius 2 is 0.735 bits per heavy atom. The highest BCUT2D eigenvalue weighted by molar-refractivity contribution is 5.95. The van der Waals surface area contributed by atoms with Crippen LogP contribution in [0.3, 0.4) is 0 Å². The lowest BCUT2D eigenvalue weighted by Crippen LogP contribution is -2.60. The zero-order valence-corrected chi connectivity index (χ0v) is 33.8. The van der Waals surface area contributed by atoms with Crippen molar-refractivity contribution in [1.82, 2.24) is 0 Å². The number of hydrogen-bond donors (Lipinski definition) is 15. The number of phenolic OH excluding ortho intramolecular Hbond substituents is 15. The molecule has 5 aromatic rings. The fraction of sp³-hybridized carbons (Fsp3) is 0.167. The molecule has 358 valence electrons. The van der Waals surface area contributed by atoms with Gasteiger partial charge in [0.2, 0.25) is 12.0 Å². The topological polar surface area (TPSA) is 444 Å². The second-order valence-electron chi connectivity index (χ2n) is 14.3. The van der Waals surface area contributed by atoms with Crippen LogP contribution < -0.4 is 0 Å². The third kappa shape index (κ3) is 9.73. The van der Waals surface area contributed by atoms with Crippen LogP contribution in [0.5, 0.6) is 86.2 Å². The molecule has 5 atom stereocenters. The predicted molar refractivity (Wildman–Crippen MR) is 214 cm³/mol. The minimum absolute atomic E-state index is 0.570. The van der Waals surface area contributed by atoms with Gasteiger partial charge in [0.15, 0.2) is 86.6 Å². The Balaban J connectivity index is 1.50. The lowest BCUT2D eigenvalue weighted by atomic mass is 9.88. The second kappa shape index (κ2) is 18.9. The fourth-order valence-electron chi connectivity index (χ4n) is 6.39. The number of phenols is 15. The quantitative estimate of drug-likeness (QED) is 0.0482. The Kier molecular flexibility index (Phi) is 13.3. The molecule has 0 saturated carbocycles. The highest BCUT2D eigenvalue weighted by Gasteiger charge is 2.53. The molecule has 1 aliphatic rings. The molecule has 5 aromatic carbocycles. The predicted octanol–water partition coefficient (Wildman–Crippen LogP) is 1.93. The maximum Gasteiger partial charge on any atom is 0.344 e. The molecule has 0 aliphatic carbocycles. The first kappa shape index (κ1) is 47.9. The molecular weight excluding hydrogens is 920 g/mol. The van der Waals surface area contributed by atoms with E-state index < -0.39 is 188 Å². The SMILES string of the molecule is O=C(OCC1OC(OC(=O)c2ccc(O)c(O)c2O)C(OC(=O)c2cc(O)c(O)c(O)c2)C(COC(=O)c2cc(O)c(O)c(O)c2)C1OC(=O)c1cc(O)c(O)c(O)c1)c1cc(O)c(O)c(O)c1. The van der Waals surface area contributed by atoms with Gasteiger partial charge in [-0.3, -0.25) is 0 Å².